The Bertz CT molecular complexity index is 603. The Kier molecular flexibility index (Phi) is 3.41. The van der Waals surface area contributed by atoms with E-state index >= 15 is 0 Å². The van der Waals surface area contributed by atoms with Gasteiger partial charge >= 0.3 is 0 Å². The number of hydrogen-bond donors (Lipinski definition) is 1. The van der Waals surface area contributed by atoms with E-state index in [2.05, 4.69) is 16.5 Å². The summed E-state index contributed by atoms with van der Waals surface area (Å²) in [6.45, 7) is 0. The highest BCUT2D eigenvalue weighted by Gasteiger charge is 2.51. The molecule has 4 saturated carbocycles. The Morgan fingerprint density at radius 2 is 1.75 bits per heavy atom. The molecular formula is C20H30N4. The van der Waals surface area contributed by atoms with Gasteiger partial charge in [-0.3, -0.25) is 0 Å². The highest BCUT2D eigenvalue weighted by atomic mass is 15.2. The molecule has 130 valence electrons. The molecule has 0 spiro atoms. The van der Waals surface area contributed by atoms with E-state index in [0.717, 1.165) is 30.1 Å². The molecule has 0 amide bonds. The van der Waals surface area contributed by atoms with Crippen LogP contribution < -0.4 is 10.2 Å². The summed E-state index contributed by atoms with van der Waals surface area (Å²) in [7, 11) is 4.05. The first-order valence-electron chi connectivity index (χ1n) is 9.91. The predicted octanol–water partition coefficient (Wildman–Crippen LogP) is 3.48. The first-order valence-corrected chi connectivity index (χ1v) is 9.91. The zero-order chi connectivity index (χ0) is 16.3. The zero-order valence-corrected chi connectivity index (χ0v) is 15.1. The molecule has 1 aromatic heterocycles. The van der Waals surface area contributed by atoms with Crippen molar-refractivity contribution in [3.05, 3.63) is 17.5 Å². The maximum absolute atomic E-state index is 4.83. The van der Waals surface area contributed by atoms with Gasteiger partial charge in [-0.1, -0.05) is 0 Å². The van der Waals surface area contributed by atoms with E-state index < -0.39 is 0 Å². The molecule has 0 aliphatic heterocycles. The summed E-state index contributed by atoms with van der Waals surface area (Å²) in [6.07, 6.45) is 14.5. The van der Waals surface area contributed by atoms with Crippen molar-refractivity contribution in [1.82, 2.24) is 15.3 Å². The summed E-state index contributed by atoms with van der Waals surface area (Å²) < 4.78 is 0. The van der Waals surface area contributed by atoms with Gasteiger partial charge in [0.25, 0.3) is 0 Å². The van der Waals surface area contributed by atoms with E-state index in [4.69, 9.17) is 4.98 Å². The van der Waals surface area contributed by atoms with Crippen molar-refractivity contribution >= 4 is 5.95 Å². The van der Waals surface area contributed by atoms with Crippen LogP contribution in [0.5, 0.6) is 0 Å². The van der Waals surface area contributed by atoms with Crippen molar-refractivity contribution in [1.29, 1.82) is 0 Å². The lowest BCUT2D eigenvalue weighted by atomic mass is 9.53. The van der Waals surface area contributed by atoms with Gasteiger partial charge in [-0.05, 0) is 75.5 Å². The van der Waals surface area contributed by atoms with Gasteiger partial charge in [0.1, 0.15) is 0 Å². The van der Waals surface area contributed by atoms with Crippen LogP contribution in [0.3, 0.4) is 0 Å². The van der Waals surface area contributed by atoms with Crippen LogP contribution in [0, 0.1) is 17.8 Å². The molecule has 4 bridgehead atoms. The Morgan fingerprint density at radius 1 is 1.08 bits per heavy atom. The minimum absolute atomic E-state index is 0.425. The molecule has 1 aromatic rings. The fourth-order valence-corrected chi connectivity index (χ4v) is 6.56. The standard InChI is InChI=1S/C20H30N4/c1-24(2)19-21-12-16-17(22-19)4-3-5-18(16)23-20-9-13-6-14(10-20)8-15(7-13)11-20/h12-15,18,23H,3-11H2,1-2H3. The maximum atomic E-state index is 4.83. The van der Waals surface area contributed by atoms with E-state index in [1.807, 2.05) is 19.0 Å². The molecule has 5 aliphatic carbocycles. The number of rotatable bonds is 3. The molecular weight excluding hydrogens is 296 g/mol. The van der Waals surface area contributed by atoms with Crippen LogP contribution >= 0.6 is 0 Å². The van der Waals surface area contributed by atoms with Crippen LogP contribution in [0.2, 0.25) is 0 Å². The predicted molar refractivity (Wildman–Crippen MR) is 96.1 cm³/mol. The summed E-state index contributed by atoms with van der Waals surface area (Å²) >= 11 is 0. The molecule has 0 saturated heterocycles. The number of hydrogen-bond acceptors (Lipinski definition) is 4. The van der Waals surface area contributed by atoms with Crippen LogP contribution in [0.4, 0.5) is 5.95 Å². The molecule has 4 fully saturated rings. The number of aromatic nitrogens is 2. The van der Waals surface area contributed by atoms with Crippen molar-refractivity contribution in [2.45, 2.75) is 69.4 Å². The molecule has 24 heavy (non-hydrogen) atoms. The molecule has 1 atom stereocenters. The summed E-state index contributed by atoms with van der Waals surface area (Å²) in [6, 6.07) is 0.473. The summed E-state index contributed by atoms with van der Waals surface area (Å²) in [5, 5.41) is 4.17. The van der Waals surface area contributed by atoms with Crippen molar-refractivity contribution in [2.24, 2.45) is 17.8 Å². The minimum Gasteiger partial charge on any atom is -0.347 e. The van der Waals surface area contributed by atoms with Crippen molar-refractivity contribution in [2.75, 3.05) is 19.0 Å². The van der Waals surface area contributed by atoms with Gasteiger partial charge in [0.15, 0.2) is 0 Å². The Balaban J connectivity index is 1.41. The largest absolute Gasteiger partial charge is 0.347 e. The molecule has 5 aliphatic rings. The lowest BCUT2D eigenvalue weighted by Crippen LogP contribution is -2.59. The van der Waals surface area contributed by atoms with Gasteiger partial charge in [0, 0.05) is 37.4 Å². The zero-order valence-electron chi connectivity index (χ0n) is 15.1. The van der Waals surface area contributed by atoms with Crippen LogP contribution in [-0.2, 0) is 6.42 Å². The summed E-state index contributed by atoms with van der Waals surface area (Å²) in [4.78, 5) is 11.5. The average Bonchev–Trinajstić information content (AvgIpc) is 2.53. The number of anilines is 1. The maximum Gasteiger partial charge on any atom is 0.225 e. The van der Waals surface area contributed by atoms with Crippen molar-refractivity contribution in [3.8, 4) is 0 Å². The van der Waals surface area contributed by atoms with Gasteiger partial charge in [-0.25, -0.2) is 9.97 Å². The van der Waals surface area contributed by atoms with E-state index in [1.165, 1.54) is 62.6 Å². The molecule has 4 nitrogen and oxygen atoms in total. The number of aryl methyl sites for hydroxylation is 1. The third kappa shape index (κ3) is 2.45. The van der Waals surface area contributed by atoms with E-state index in [9.17, 15) is 0 Å². The van der Waals surface area contributed by atoms with Gasteiger partial charge in [-0.15, -0.1) is 0 Å². The van der Waals surface area contributed by atoms with Crippen LogP contribution in [0.1, 0.15) is 68.7 Å². The monoisotopic (exact) mass is 326 g/mol. The Labute approximate surface area is 145 Å². The first-order chi connectivity index (χ1) is 11.6. The lowest BCUT2D eigenvalue weighted by Gasteiger charge is -2.58. The van der Waals surface area contributed by atoms with Gasteiger partial charge in [-0.2, -0.15) is 0 Å². The quantitative estimate of drug-likeness (QED) is 0.923. The Hall–Kier alpha value is -1.16. The van der Waals surface area contributed by atoms with Crippen LogP contribution in [0.25, 0.3) is 0 Å². The number of fused-ring (bicyclic) bond motifs is 1. The van der Waals surface area contributed by atoms with Gasteiger partial charge in [0.05, 0.1) is 5.69 Å². The fraction of sp³-hybridized carbons (Fsp3) is 0.800. The molecule has 1 heterocycles. The lowest BCUT2D eigenvalue weighted by molar-refractivity contribution is -0.0265. The van der Waals surface area contributed by atoms with Crippen molar-refractivity contribution in [3.63, 3.8) is 0 Å². The smallest absolute Gasteiger partial charge is 0.225 e. The second-order valence-corrected chi connectivity index (χ2v) is 9.25. The molecule has 0 aromatic carbocycles. The molecule has 0 radical (unpaired) electrons. The molecule has 6 rings (SSSR count). The van der Waals surface area contributed by atoms with Crippen LogP contribution in [-0.4, -0.2) is 29.6 Å². The summed E-state index contributed by atoms with van der Waals surface area (Å²) in [5.74, 6) is 3.85. The topological polar surface area (TPSA) is 41.1 Å². The van der Waals surface area contributed by atoms with Gasteiger partial charge in [0.2, 0.25) is 5.95 Å². The average molecular weight is 326 g/mol. The van der Waals surface area contributed by atoms with Gasteiger partial charge < -0.3 is 10.2 Å². The number of nitrogens with zero attached hydrogens (tertiary/aromatic N) is 3. The van der Waals surface area contributed by atoms with Crippen molar-refractivity contribution < 1.29 is 0 Å². The molecule has 4 heteroatoms. The fourth-order valence-electron chi connectivity index (χ4n) is 6.56. The third-order valence-corrected chi connectivity index (χ3v) is 7.09. The third-order valence-electron chi connectivity index (χ3n) is 7.09. The molecule has 1 N–H and O–H groups in total. The highest BCUT2D eigenvalue weighted by molar-refractivity contribution is 5.34. The van der Waals surface area contributed by atoms with E-state index in [1.54, 1.807) is 0 Å². The van der Waals surface area contributed by atoms with E-state index in [-0.39, 0.29) is 0 Å². The normalized spacial score (nSPS) is 39.8. The minimum atomic E-state index is 0.425. The van der Waals surface area contributed by atoms with Crippen LogP contribution in [0.15, 0.2) is 6.20 Å². The number of nitrogens with one attached hydrogen (secondary N) is 1. The second kappa shape index (κ2) is 5.42. The Morgan fingerprint density at radius 3 is 2.38 bits per heavy atom. The highest BCUT2D eigenvalue weighted by Crippen LogP contribution is 2.56. The van der Waals surface area contributed by atoms with E-state index in [0.29, 0.717) is 11.6 Å². The summed E-state index contributed by atoms with van der Waals surface area (Å²) in [5.41, 5.74) is 3.08. The molecule has 1 unspecified atom stereocenters. The SMILES string of the molecule is CN(C)c1ncc2c(n1)CCCC2NC12CC3CC(CC(C3)C1)C2. The first kappa shape index (κ1) is 15.1. The second-order valence-electron chi connectivity index (χ2n) is 9.25.